The number of hydrogen-bond acceptors (Lipinski definition) is 2. The maximum Gasteiger partial charge on any atom is 0.224 e. The van der Waals surface area contributed by atoms with Gasteiger partial charge in [-0.2, -0.15) is 0 Å². The van der Waals surface area contributed by atoms with E-state index < -0.39 is 0 Å². The molecule has 0 spiro atoms. The summed E-state index contributed by atoms with van der Waals surface area (Å²) in [5.41, 5.74) is 2.93. The minimum atomic E-state index is -0.0544. The molecule has 0 saturated carbocycles. The third kappa shape index (κ3) is 5.20. The molecule has 0 bridgehead atoms. The Morgan fingerprint density at radius 1 is 1.12 bits per heavy atom. The molecule has 0 aliphatic carbocycles. The second-order valence-electron chi connectivity index (χ2n) is 5.60. The van der Waals surface area contributed by atoms with E-state index in [9.17, 15) is 9.59 Å². The highest BCUT2D eigenvalue weighted by Gasteiger charge is 2.12. The van der Waals surface area contributed by atoms with Gasteiger partial charge in [0.2, 0.25) is 11.8 Å². The largest absolute Gasteiger partial charge is 0.354 e. The van der Waals surface area contributed by atoms with Crippen LogP contribution in [0.1, 0.15) is 18.1 Å². The average Bonchev–Trinajstić information content (AvgIpc) is 2.53. The first-order valence-electron chi connectivity index (χ1n) is 7.82. The van der Waals surface area contributed by atoms with Gasteiger partial charge in [-0.05, 0) is 36.2 Å². The summed E-state index contributed by atoms with van der Waals surface area (Å²) in [6.45, 7) is 4.37. The van der Waals surface area contributed by atoms with Crippen molar-refractivity contribution in [2.75, 3.05) is 18.0 Å². The molecule has 4 nitrogen and oxygen atoms in total. The predicted molar refractivity (Wildman–Crippen MR) is 100 cm³/mol. The van der Waals surface area contributed by atoms with E-state index in [4.69, 9.17) is 0 Å². The monoisotopic (exact) mass is 388 g/mol. The zero-order valence-corrected chi connectivity index (χ0v) is 15.5. The Bertz CT molecular complexity index is 731. The van der Waals surface area contributed by atoms with Crippen LogP contribution in [0.4, 0.5) is 5.69 Å². The maximum absolute atomic E-state index is 12.1. The standard InChI is InChI=1S/C19H21BrN2O2/c1-14-6-3-4-7-16(14)12-19(24)21-10-11-22(15(2)23)18-9-5-8-17(20)13-18/h3-9,13H,10-12H2,1-2H3,(H,21,24). The first-order valence-corrected chi connectivity index (χ1v) is 8.61. The van der Waals surface area contributed by atoms with Crippen LogP contribution in [-0.2, 0) is 16.0 Å². The summed E-state index contributed by atoms with van der Waals surface area (Å²) >= 11 is 3.41. The Labute approximate surface area is 151 Å². The first kappa shape index (κ1) is 18.2. The van der Waals surface area contributed by atoms with Crippen LogP contribution in [0.5, 0.6) is 0 Å². The molecule has 0 aliphatic heterocycles. The van der Waals surface area contributed by atoms with E-state index in [2.05, 4.69) is 21.2 Å². The molecule has 2 rings (SSSR count). The number of anilines is 1. The molecule has 0 heterocycles. The fourth-order valence-electron chi connectivity index (χ4n) is 2.46. The third-order valence-corrected chi connectivity index (χ3v) is 4.26. The summed E-state index contributed by atoms with van der Waals surface area (Å²) < 4.78 is 0.912. The van der Waals surface area contributed by atoms with E-state index >= 15 is 0 Å². The Morgan fingerprint density at radius 2 is 1.88 bits per heavy atom. The van der Waals surface area contributed by atoms with Crippen molar-refractivity contribution in [2.45, 2.75) is 20.3 Å². The van der Waals surface area contributed by atoms with E-state index in [0.29, 0.717) is 19.5 Å². The Hall–Kier alpha value is -2.14. The van der Waals surface area contributed by atoms with Gasteiger partial charge in [0.15, 0.2) is 0 Å². The summed E-state index contributed by atoms with van der Waals surface area (Å²) in [6.07, 6.45) is 0.351. The number of aryl methyl sites for hydroxylation is 1. The molecule has 2 aromatic carbocycles. The molecule has 2 aromatic rings. The van der Waals surface area contributed by atoms with Gasteiger partial charge in [0.05, 0.1) is 6.42 Å². The van der Waals surface area contributed by atoms with Crippen LogP contribution in [0.25, 0.3) is 0 Å². The van der Waals surface area contributed by atoms with Crippen molar-refractivity contribution in [3.05, 3.63) is 64.1 Å². The minimum Gasteiger partial charge on any atom is -0.354 e. The lowest BCUT2D eigenvalue weighted by atomic mass is 10.1. The highest BCUT2D eigenvalue weighted by atomic mass is 79.9. The number of carbonyl (C=O) groups is 2. The van der Waals surface area contributed by atoms with Crippen molar-refractivity contribution < 1.29 is 9.59 Å². The number of nitrogens with zero attached hydrogens (tertiary/aromatic N) is 1. The van der Waals surface area contributed by atoms with Crippen LogP contribution in [0.3, 0.4) is 0 Å². The quantitative estimate of drug-likeness (QED) is 0.823. The molecule has 2 amide bonds. The smallest absolute Gasteiger partial charge is 0.224 e. The van der Waals surface area contributed by atoms with Gasteiger partial charge in [-0.3, -0.25) is 9.59 Å². The number of nitrogens with one attached hydrogen (secondary N) is 1. The molecule has 1 N–H and O–H groups in total. The maximum atomic E-state index is 12.1. The molecule has 24 heavy (non-hydrogen) atoms. The summed E-state index contributed by atoms with van der Waals surface area (Å²) in [5, 5.41) is 2.88. The number of benzene rings is 2. The van der Waals surface area contributed by atoms with Gasteiger partial charge in [0, 0.05) is 30.2 Å². The number of rotatable bonds is 6. The normalized spacial score (nSPS) is 10.3. The van der Waals surface area contributed by atoms with Gasteiger partial charge in [-0.1, -0.05) is 46.3 Å². The molecular weight excluding hydrogens is 368 g/mol. The third-order valence-electron chi connectivity index (χ3n) is 3.77. The lowest BCUT2D eigenvalue weighted by Gasteiger charge is -2.21. The van der Waals surface area contributed by atoms with Crippen molar-refractivity contribution in [1.82, 2.24) is 5.32 Å². The van der Waals surface area contributed by atoms with Crippen LogP contribution in [0, 0.1) is 6.92 Å². The highest BCUT2D eigenvalue weighted by Crippen LogP contribution is 2.19. The highest BCUT2D eigenvalue weighted by molar-refractivity contribution is 9.10. The zero-order chi connectivity index (χ0) is 17.5. The molecule has 5 heteroatoms. The van der Waals surface area contributed by atoms with E-state index in [1.807, 2.05) is 55.5 Å². The van der Waals surface area contributed by atoms with E-state index in [1.165, 1.54) is 6.92 Å². The Balaban J connectivity index is 1.90. The molecule has 0 fully saturated rings. The van der Waals surface area contributed by atoms with Crippen molar-refractivity contribution in [1.29, 1.82) is 0 Å². The average molecular weight is 389 g/mol. The van der Waals surface area contributed by atoms with Crippen molar-refractivity contribution in [3.63, 3.8) is 0 Å². The summed E-state index contributed by atoms with van der Waals surface area (Å²) in [5.74, 6) is -0.0942. The fourth-order valence-corrected chi connectivity index (χ4v) is 2.85. The number of carbonyl (C=O) groups excluding carboxylic acids is 2. The lowest BCUT2D eigenvalue weighted by Crippen LogP contribution is -2.38. The van der Waals surface area contributed by atoms with E-state index in [0.717, 1.165) is 21.3 Å². The summed E-state index contributed by atoms with van der Waals surface area (Å²) in [4.78, 5) is 25.6. The fraction of sp³-hybridized carbons (Fsp3) is 0.263. The molecule has 0 aliphatic rings. The zero-order valence-electron chi connectivity index (χ0n) is 13.9. The van der Waals surface area contributed by atoms with Crippen LogP contribution >= 0.6 is 15.9 Å². The van der Waals surface area contributed by atoms with Crippen molar-refractivity contribution in [2.24, 2.45) is 0 Å². The van der Waals surface area contributed by atoms with Gasteiger partial charge < -0.3 is 10.2 Å². The summed E-state index contributed by atoms with van der Waals surface area (Å²) in [6, 6.07) is 15.4. The Morgan fingerprint density at radius 3 is 2.54 bits per heavy atom. The van der Waals surface area contributed by atoms with Gasteiger partial charge in [0.1, 0.15) is 0 Å². The Kier molecular flexibility index (Phi) is 6.55. The second kappa shape index (κ2) is 8.64. The van der Waals surface area contributed by atoms with E-state index in [1.54, 1.807) is 4.90 Å². The molecular formula is C19H21BrN2O2. The van der Waals surface area contributed by atoms with Crippen molar-refractivity contribution >= 4 is 33.4 Å². The van der Waals surface area contributed by atoms with Gasteiger partial charge in [-0.25, -0.2) is 0 Å². The number of hydrogen-bond donors (Lipinski definition) is 1. The minimum absolute atomic E-state index is 0.0398. The predicted octanol–water partition coefficient (Wildman–Crippen LogP) is 3.47. The van der Waals surface area contributed by atoms with Crippen LogP contribution in [0.2, 0.25) is 0 Å². The van der Waals surface area contributed by atoms with E-state index in [-0.39, 0.29) is 11.8 Å². The first-order chi connectivity index (χ1) is 11.5. The molecule has 0 saturated heterocycles. The second-order valence-corrected chi connectivity index (χ2v) is 6.52. The van der Waals surface area contributed by atoms with Crippen LogP contribution in [0.15, 0.2) is 53.0 Å². The summed E-state index contributed by atoms with van der Waals surface area (Å²) in [7, 11) is 0. The molecule has 0 radical (unpaired) electrons. The number of halogens is 1. The van der Waals surface area contributed by atoms with Gasteiger partial charge >= 0.3 is 0 Å². The molecule has 0 unspecified atom stereocenters. The lowest BCUT2D eigenvalue weighted by molar-refractivity contribution is -0.121. The molecule has 126 valence electrons. The van der Waals surface area contributed by atoms with Gasteiger partial charge in [-0.15, -0.1) is 0 Å². The van der Waals surface area contributed by atoms with Crippen molar-refractivity contribution in [3.8, 4) is 0 Å². The van der Waals surface area contributed by atoms with Gasteiger partial charge in [0.25, 0.3) is 0 Å². The number of amides is 2. The van der Waals surface area contributed by atoms with Crippen LogP contribution in [-0.4, -0.2) is 24.9 Å². The van der Waals surface area contributed by atoms with Crippen LogP contribution < -0.4 is 10.2 Å². The molecule has 0 aromatic heterocycles. The molecule has 0 atom stereocenters. The SMILES string of the molecule is CC(=O)N(CCNC(=O)Cc1ccccc1C)c1cccc(Br)c1. The topological polar surface area (TPSA) is 49.4 Å².